The number of nitrogens with zero attached hydrogens (tertiary/aromatic N) is 3. The molecule has 0 aliphatic rings. The van der Waals surface area contributed by atoms with Crippen LogP contribution in [0.15, 0.2) is 12.5 Å². The Kier molecular flexibility index (Phi) is 3.26. The molecule has 0 fully saturated rings. The van der Waals surface area contributed by atoms with Gasteiger partial charge in [-0.25, -0.2) is 0 Å². The lowest BCUT2D eigenvalue weighted by Crippen LogP contribution is -2.30. The van der Waals surface area contributed by atoms with E-state index in [0.29, 0.717) is 0 Å². The van der Waals surface area contributed by atoms with E-state index in [1.165, 1.54) is 24.2 Å². The first-order valence-electron chi connectivity index (χ1n) is 4.61. The van der Waals surface area contributed by atoms with Gasteiger partial charge in [-0.3, -0.25) is 4.79 Å². The van der Waals surface area contributed by atoms with E-state index < -0.39 is 10.3 Å². The molecular formula is C9H13N3O4. The number of rotatable bonds is 4. The largest absolute Gasteiger partial charge is 0.469 e. The molecule has 0 atom stereocenters. The van der Waals surface area contributed by atoms with Gasteiger partial charge in [-0.2, -0.15) is 0 Å². The minimum absolute atomic E-state index is 0.235. The van der Waals surface area contributed by atoms with Crippen LogP contribution in [0.3, 0.4) is 0 Å². The Morgan fingerprint density at radius 2 is 2.31 bits per heavy atom. The number of hydrogen-bond acceptors (Lipinski definition) is 5. The Morgan fingerprint density at radius 3 is 2.75 bits per heavy atom. The lowest BCUT2D eigenvalue weighted by molar-refractivity contribution is -0.389. The Balaban J connectivity index is 2.80. The van der Waals surface area contributed by atoms with Crippen LogP contribution in [0, 0.1) is 15.5 Å². The average Bonchev–Trinajstić information content (AvgIpc) is 2.64. The molecule has 0 radical (unpaired) electrons. The van der Waals surface area contributed by atoms with Crippen molar-refractivity contribution in [1.82, 2.24) is 9.55 Å². The third-order valence-corrected chi connectivity index (χ3v) is 2.12. The molecule has 16 heavy (non-hydrogen) atoms. The van der Waals surface area contributed by atoms with E-state index >= 15 is 0 Å². The third-order valence-electron chi connectivity index (χ3n) is 2.12. The zero-order valence-electron chi connectivity index (χ0n) is 9.34. The molecule has 1 heterocycles. The number of methoxy groups -OCH3 is 1. The summed E-state index contributed by atoms with van der Waals surface area (Å²) in [6.07, 6.45) is 2.60. The van der Waals surface area contributed by atoms with Gasteiger partial charge in [0.05, 0.1) is 12.5 Å². The minimum Gasteiger partial charge on any atom is -0.469 e. The van der Waals surface area contributed by atoms with Crippen molar-refractivity contribution in [2.45, 2.75) is 20.4 Å². The van der Waals surface area contributed by atoms with Crippen LogP contribution in [0.4, 0.5) is 5.82 Å². The Hall–Kier alpha value is -1.92. The van der Waals surface area contributed by atoms with Crippen LogP contribution >= 0.6 is 0 Å². The number of carbonyl (C=O) groups is 1. The molecule has 7 nitrogen and oxygen atoms in total. The smallest absolute Gasteiger partial charge is 0.381 e. The Bertz CT molecular complexity index is 411. The topological polar surface area (TPSA) is 87.3 Å². The van der Waals surface area contributed by atoms with Crippen molar-refractivity contribution in [3.05, 3.63) is 22.6 Å². The summed E-state index contributed by atoms with van der Waals surface area (Å²) in [5, 5.41) is 10.4. The molecule has 0 bridgehead atoms. The van der Waals surface area contributed by atoms with Gasteiger partial charge < -0.3 is 19.4 Å². The summed E-state index contributed by atoms with van der Waals surface area (Å²) in [6.45, 7) is 3.68. The second-order valence-electron chi connectivity index (χ2n) is 4.04. The number of imidazole rings is 1. The maximum absolute atomic E-state index is 11.4. The van der Waals surface area contributed by atoms with Crippen LogP contribution in [0.1, 0.15) is 13.8 Å². The Labute approximate surface area is 92.2 Å². The highest BCUT2D eigenvalue weighted by molar-refractivity contribution is 5.75. The summed E-state index contributed by atoms with van der Waals surface area (Å²) in [4.78, 5) is 24.8. The van der Waals surface area contributed by atoms with Gasteiger partial charge in [0.2, 0.25) is 6.33 Å². The van der Waals surface area contributed by atoms with E-state index in [0.717, 1.165) is 0 Å². The fraction of sp³-hybridized carbons (Fsp3) is 0.556. The van der Waals surface area contributed by atoms with Crippen LogP contribution < -0.4 is 0 Å². The summed E-state index contributed by atoms with van der Waals surface area (Å²) in [6, 6.07) is 0. The van der Waals surface area contributed by atoms with E-state index in [1.54, 1.807) is 13.8 Å². The van der Waals surface area contributed by atoms with Gasteiger partial charge in [-0.1, -0.05) is 0 Å². The van der Waals surface area contributed by atoms with Crippen LogP contribution in [-0.2, 0) is 16.1 Å². The predicted molar refractivity (Wildman–Crippen MR) is 54.7 cm³/mol. The molecule has 1 aromatic rings. The van der Waals surface area contributed by atoms with Crippen molar-refractivity contribution in [3.8, 4) is 0 Å². The first-order chi connectivity index (χ1) is 7.36. The molecule has 0 aliphatic carbocycles. The monoisotopic (exact) mass is 227 g/mol. The maximum atomic E-state index is 11.4. The molecule has 0 saturated carbocycles. The standard InChI is InChI=1S/C9H13N3O4/c1-9(2,8(13)16-3)5-11-4-7(10-6-11)12(14)15/h4,6H,5H2,1-3H3. The normalized spacial score (nSPS) is 11.2. The highest BCUT2D eigenvalue weighted by Gasteiger charge is 2.30. The summed E-state index contributed by atoms with van der Waals surface area (Å²) in [7, 11) is 1.31. The molecule has 0 unspecified atom stereocenters. The summed E-state index contributed by atoms with van der Waals surface area (Å²) in [5.41, 5.74) is -0.747. The fourth-order valence-corrected chi connectivity index (χ4v) is 1.33. The van der Waals surface area contributed by atoms with Gasteiger partial charge >= 0.3 is 11.8 Å². The second kappa shape index (κ2) is 4.30. The van der Waals surface area contributed by atoms with E-state index in [9.17, 15) is 14.9 Å². The van der Waals surface area contributed by atoms with E-state index in [1.807, 2.05) is 0 Å². The summed E-state index contributed by atoms with van der Waals surface area (Å²) in [5.74, 6) is -0.607. The maximum Gasteiger partial charge on any atom is 0.381 e. The van der Waals surface area contributed by atoms with Gasteiger partial charge in [0.1, 0.15) is 6.20 Å². The molecule has 7 heteroatoms. The van der Waals surface area contributed by atoms with Crippen molar-refractivity contribution >= 4 is 11.8 Å². The molecule has 0 amide bonds. The Morgan fingerprint density at radius 1 is 1.69 bits per heavy atom. The van der Waals surface area contributed by atoms with E-state index in [-0.39, 0.29) is 18.3 Å². The van der Waals surface area contributed by atoms with E-state index in [4.69, 9.17) is 0 Å². The first-order valence-corrected chi connectivity index (χ1v) is 4.61. The average molecular weight is 227 g/mol. The number of aromatic nitrogens is 2. The first kappa shape index (κ1) is 12.2. The number of carbonyl (C=O) groups excluding carboxylic acids is 1. The number of nitro groups is 1. The molecule has 0 aromatic carbocycles. The van der Waals surface area contributed by atoms with Crippen molar-refractivity contribution in [1.29, 1.82) is 0 Å². The number of esters is 1. The lowest BCUT2D eigenvalue weighted by Gasteiger charge is -2.20. The van der Waals surface area contributed by atoms with Crippen molar-refractivity contribution in [2.75, 3.05) is 7.11 Å². The highest BCUT2D eigenvalue weighted by Crippen LogP contribution is 2.20. The van der Waals surface area contributed by atoms with Crippen LogP contribution in [-0.4, -0.2) is 27.6 Å². The van der Waals surface area contributed by atoms with Crippen LogP contribution in [0.5, 0.6) is 0 Å². The quantitative estimate of drug-likeness (QED) is 0.435. The van der Waals surface area contributed by atoms with Crippen molar-refractivity contribution < 1.29 is 14.5 Å². The lowest BCUT2D eigenvalue weighted by atomic mass is 9.94. The zero-order valence-corrected chi connectivity index (χ0v) is 9.34. The van der Waals surface area contributed by atoms with Gasteiger partial charge in [0, 0.05) is 6.54 Å². The van der Waals surface area contributed by atoms with Crippen molar-refractivity contribution in [2.24, 2.45) is 5.41 Å². The van der Waals surface area contributed by atoms with Gasteiger partial charge in [-0.15, -0.1) is 0 Å². The van der Waals surface area contributed by atoms with Gasteiger partial charge in [0.25, 0.3) is 0 Å². The molecule has 0 saturated heterocycles. The molecule has 88 valence electrons. The highest BCUT2D eigenvalue weighted by atomic mass is 16.6. The second-order valence-corrected chi connectivity index (χ2v) is 4.04. The molecule has 1 aromatic heterocycles. The molecular weight excluding hydrogens is 214 g/mol. The zero-order chi connectivity index (χ0) is 12.3. The fourth-order valence-electron chi connectivity index (χ4n) is 1.33. The predicted octanol–water partition coefficient (Wildman–Crippen LogP) is 0.990. The van der Waals surface area contributed by atoms with Crippen LogP contribution in [0.2, 0.25) is 0 Å². The summed E-state index contributed by atoms with van der Waals surface area (Å²) >= 11 is 0. The third kappa shape index (κ3) is 2.56. The van der Waals surface area contributed by atoms with Crippen molar-refractivity contribution in [3.63, 3.8) is 0 Å². The van der Waals surface area contributed by atoms with E-state index in [2.05, 4.69) is 9.72 Å². The minimum atomic E-state index is -0.747. The number of hydrogen-bond donors (Lipinski definition) is 0. The molecule has 0 aliphatic heterocycles. The number of ether oxygens (including phenoxy) is 1. The molecule has 1 rings (SSSR count). The van der Waals surface area contributed by atoms with Gasteiger partial charge in [0.15, 0.2) is 0 Å². The summed E-state index contributed by atoms with van der Waals surface area (Å²) < 4.78 is 6.13. The molecule has 0 spiro atoms. The molecule has 0 N–H and O–H groups in total. The SMILES string of the molecule is COC(=O)C(C)(C)Cn1cnc([N+](=O)[O-])c1. The van der Waals surface area contributed by atoms with Gasteiger partial charge in [-0.05, 0) is 23.8 Å². The van der Waals surface area contributed by atoms with Crippen LogP contribution in [0.25, 0.3) is 0 Å².